The predicted molar refractivity (Wildman–Crippen MR) is 72.0 cm³/mol. The minimum absolute atomic E-state index is 0.0565. The van der Waals surface area contributed by atoms with Crippen LogP contribution >= 0.6 is 11.6 Å². The number of pyridine rings is 1. The fourth-order valence-electron chi connectivity index (χ4n) is 2.33. The van der Waals surface area contributed by atoms with Crippen LogP contribution in [0.25, 0.3) is 0 Å². The second kappa shape index (κ2) is 5.99. The highest BCUT2D eigenvalue weighted by molar-refractivity contribution is 7.89. The molecule has 4 nitrogen and oxygen atoms in total. The molecule has 1 aliphatic rings. The molecule has 1 saturated heterocycles. The zero-order chi connectivity index (χ0) is 13.0. The van der Waals surface area contributed by atoms with Crippen molar-refractivity contribution in [3.8, 4) is 0 Å². The third-order valence-electron chi connectivity index (χ3n) is 3.17. The largest absolute Gasteiger partial charge is 0.264 e. The van der Waals surface area contributed by atoms with E-state index in [0.29, 0.717) is 18.8 Å². The number of halogens is 1. The summed E-state index contributed by atoms with van der Waals surface area (Å²) in [5.41, 5.74) is 0.976. The van der Waals surface area contributed by atoms with Gasteiger partial charge in [-0.05, 0) is 30.9 Å². The Morgan fingerprint density at radius 3 is 3.00 bits per heavy atom. The molecule has 0 amide bonds. The molecule has 0 aromatic carbocycles. The fourth-order valence-corrected chi connectivity index (χ4v) is 4.39. The van der Waals surface area contributed by atoms with Crippen molar-refractivity contribution < 1.29 is 8.42 Å². The Labute approximate surface area is 113 Å². The van der Waals surface area contributed by atoms with Gasteiger partial charge in [0, 0.05) is 24.8 Å². The van der Waals surface area contributed by atoms with E-state index in [1.54, 1.807) is 16.7 Å². The number of aromatic nitrogens is 1. The summed E-state index contributed by atoms with van der Waals surface area (Å²) < 4.78 is 26.1. The molecule has 1 aliphatic heterocycles. The third-order valence-corrected chi connectivity index (χ3v) is 5.39. The Balaban J connectivity index is 2.18. The average Bonchev–Trinajstić information content (AvgIpc) is 2.87. The Hall–Kier alpha value is -0.650. The van der Waals surface area contributed by atoms with Crippen LogP contribution in [-0.2, 0) is 10.0 Å². The van der Waals surface area contributed by atoms with Gasteiger partial charge in [-0.3, -0.25) is 4.98 Å². The lowest BCUT2D eigenvalue weighted by Crippen LogP contribution is -2.32. The van der Waals surface area contributed by atoms with Gasteiger partial charge in [0.25, 0.3) is 0 Å². The molecule has 0 bridgehead atoms. The molecule has 1 unspecified atom stereocenters. The van der Waals surface area contributed by atoms with E-state index in [9.17, 15) is 8.42 Å². The molecule has 1 fully saturated rings. The molecule has 2 rings (SSSR count). The maximum absolute atomic E-state index is 12.2. The Morgan fingerprint density at radius 2 is 2.33 bits per heavy atom. The van der Waals surface area contributed by atoms with E-state index in [4.69, 9.17) is 11.6 Å². The van der Waals surface area contributed by atoms with Crippen molar-refractivity contribution in [3.05, 3.63) is 30.1 Å². The molecule has 0 radical (unpaired) electrons. The summed E-state index contributed by atoms with van der Waals surface area (Å²) in [5.74, 6) is 0.512. The van der Waals surface area contributed by atoms with Gasteiger partial charge in [-0.15, -0.1) is 11.6 Å². The third kappa shape index (κ3) is 3.02. The van der Waals surface area contributed by atoms with E-state index in [1.165, 1.54) is 0 Å². The van der Waals surface area contributed by atoms with E-state index in [2.05, 4.69) is 4.98 Å². The highest BCUT2D eigenvalue weighted by atomic mass is 35.5. The van der Waals surface area contributed by atoms with Crippen molar-refractivity contribution in [3.63, 3.8) is 0 Å². The van der Waals surface area contributed by atoms with Crippen molar-refractivity contribution >= 4 is 21.6 Å². The normalized spacial score (nSPS) is 21.3. The van der Waals surface area contributed by atoms with Crippen LogP contribution in [0.5, 0.6) is 0 Å². The summed E-state index contributed by atoms with van der Waals surface area (Å²) in [7, 11) is -3.20. The monoisotopic (exact) mass is 288 g/mol. The fraction of sp³-hybridized carbons (Fsp3) is 0.583. The molecule has 2 heterocycles. The maximum Gasteiger partial charge on any atom is 0.214 e. The predicted octanol–water partition coefficient (Wildman–Crippen LogP) is 2.18. The number of hydrogen-bond donors (Lipinski definition) is 0. The Morgan fingerprint density at radius 1 is 1.50 bits per heavy atom. The van der Waals surface area contributed by atoms with Gasteiger partial charge in [0.05, 0.1) is 11.8 Å². The SMILES string of the molecule is O=S(=O)(CCCCl)N1CCCC1c1cccnc1. The van der Waals surface area contributed by atoms with Gasteiger partial charge < -0.3 is 0 Å². The molecule has 6 heteroatoms. The second-order valence-electron chi connectivity index (χ2n) is 4.41. The zero-order valence-electron chi connectivity index (χ0n) is 10.1. The summed E-state index contributed by atoms with van der Waals surface area (Å²) in [6.45, 7) is 0.601. The summed E-state index contributed by atoms with van der Waals surface area (Å²) >= 11 is 5.57. The first-order valence-electron chi connectivity index (χ1n) is 6.10. The smallest absolute Gasteiger partial charge is 0.214 e. The minimum atomic E-state index is -3.20. The summed E-state index contributed by atoms with van der Waals surface area (Å²) in [5, 5.41) is 0. The Bertz CT molecular complexity index is 478. The molecule has 1 aromatic rings. The molecule has 0 spiro atoms. The number of alkyl halides is 1. The number of nitrogens with zero attached hydrogens (tertiary/aromatic N) is 2. The van der Waals surface area contributed by atoms with Crippen molar-refractivity contribution in [2.75, 3.05) is 18.2 Å². The number of hydrogen-bond acceptors (Lipinski definition) is 3. The van der Waals surface area contributed by atoms with Gasteiger partial charge in [0.15, 0.2) is 0 Å². The quantitative estimate of drug-likeness (QED) is 0.780. The van der Waals surface area contributed by atoms with Gasteiger partial charge in [0.1, 0.15) is 0 Å². The average molecular weight is 289 g/mol. The van der Waals surface area contributed by atoms with Crippen LogP contribution in [0.3, 0.4) is 0 Å². The maximum atomic E-state index is 12.2. The van der Waals surface area contributed by atoms with Gasteiger partial charge in [-0.1, -0.05) is 6.07 Å². The van der Waals surface area contributed by atoms with Crippen LogP contribution in [0.1, 0.15) is 30.9 Å². The topological polar surface area (TPSA) is 50.3 Å². The highest BCUT2D eigenvalue weighted by Gasteiger charge is 2.34. The van der Waals surface area contributed by atoms with Gasteiger partial charge in [-0.2, -0.15) is 4.31 Å². The lowest BCUT2D eigenvalue weighted by atomic mass is 10.1. The summed E-state index contributed by atoms with van der Waals surface area (Å²) in [6, 6.07) is 3.73. The molecule has 0 N–H and O–H groups in total. The first kappa shape index (κ1) is 13.8. The standard InChI is InChI=1S/C12H17ClN2O2S/c13-6-3-9-18(16,17)15-8-2-5-12(15)11-4-1-7-14-10-11/h1,4,7,10,12H,2-3,5-6,8-9H2. The summed E-state index contributed by atoms with van der Waals surface area (Å²) in [6.07, 6.45) is 5.72. The van der Waals surface area contributed by atoms with Gasteiger partial charge in [0.2, 0.25) is 10.0 Å². The molecular formula is C12H17ClN2O2S. The molecule has 18 heavy (non-hydrogen) atoms. The first-order valence-corrected chi connectivity index (χ1v) is 8.25. The van der Waals surface area contributed by atoms with E-state index in [0.717, 1.165) is 18.4 Å². The van der Waals surface area contributed by atoms with E-state index in [1.807, 2.05) is 12.1 Å². The van der Waals surface area contributed by atoms with Crippen LogP contribution in [0, 0.1) is 0 Å². The van der Waals surface area contributed by atoms with Crippen LogP contribution < -0.4 is 0 Å². The molecule has 0 aliphatic carbocycles. The summed E-state index contributed by atoms with van der Waals surface area (Å²) in [4.78, 5) is 4.07. The Kier molecular flexibility index (Phi) is 4.59. The molecule has 100 valence electrons. The van der Waals surface area contributed by atoms with Gasteiger partial charge in [-0.25, -0.2) is 8.42 Å². The van der Waals surface area contributed by atoms with Crippen LogP contribution in [0.15, 0.2) is 24.5 Å². The number of rotatable bonds is 5. The van der Waals surface area contributed by atoms with Crippen LogP contribution in [0.4, 0.5) is 0 Å². The van der Waals surface area contributed by atoms with Crippen molar-refractivity contribution in [2.45, 2.75) is 25.3 Å². The van der Waals surface area contributed by atoms with Crippen molar-refractivity contribution in [1.29, 1.82) is 0 Å². The number of sulfonamides is 1. The molecule has 1 aromatic heterocycles. The zero-order valence-corrected chi connectivity index (χ0v) is 11.7. The van der Waals surface area contributed by atoms with Crippen LogP contribution in [0.2, 0.25) is 0 Å². The minimum Gasteiger partial charge on any atom is -0.264 e. The van der Waals surface area contributed by atoms with Crippen molar-refractivity contribution in [2.24, 2.45) is 0 Å². The second-order valence-corrected chi connectivity index (χ2v) is 6.83. The van der Waals surface area contributed by atoms with Crippen LogP contribution in [-0.4, -0.2) is 35.9 Å². The van der Waals surface area contributed by atoms with Gasteiger partial charge >= 0.3 is 0 Å². The lowest BCUT2D eigenvalue weighted by Gasteiger charge is -2.24. The molecule has 1 atom stereocenters. The molecule has 0 saturated carbocycles. The highest BCUT2D eigenvalue weighted by Crippen LogP contribution is 2.33. The van der Waals surface area contributed by atoms with Crippen molar-refractivity contribution in [1.82, 2.24) is 9.29 Å². The first-order chi connectivity index (χ1) is 8.65. The van der Waals surface area contributed by atoms with E-state index < -0.39 is 10.0 Å². The van der Waals surface area contributed by atoms with E-state index >= 15 is 0 Å². The lowest BCUT2D eigenvalue weighted by molar-refractivity contribution is 0.396. The molecular weight excluding hydrogens is 272 g/mol. The van der Waals surface area contributed by atoms with E-state index in [-0.39, 0.29) is 11.8 Å².